The number of amides is 1. The highest BCUT2D eigenvalue weighted by atomic mass is 32.1. The lowest BCUT2D eigenvalue weighted by Gasteiger charge is -1.98. The highest BCUT2D eigenvalue weighted by Gasteiger charge is 2.12. The van der Waals surface area contributed by atoms with Crippen molar-refractivity contribution in [3.05, 3.63) is 71.7 Å². The average Bonchev–Trinajstić information content (AvgIpc) is 3.33. The molecule has 2 heterocycles. The molecule has 0 atom stereocenters. The Morgan fingerprint density at radius 1 is 0.885 bits per heavy atom. The van der Waals surface area contributed by atoms with Gasteiger partial charge < -0.3 is 5.32 Å². The molecular weight excluding hydrogens is 364 g/mol. The Bertz CT molecular complexity index is 930. The van der Waals surface area contributed by atoms with Gasteiger partial charge in [-0.2, -0.15) is 0 Å². The van der Waals surface area contributed by atoms with E-state index in [1.807, 2.05) is 66.0 Å². The summed E-state index contributed by atoms with van der Waals surface area (Å²) in [4.78, 5) is 16.8. The zero-order valence-electron chi connectivity index (χ0n) is 13.6. The largest absolute Gasteiger partial charge is 0.300 e. The first-order valence-electron chi connectivity index (χ1n) is 7.96. The fourth-order valence-corrected chi connectivity index (χ4v) is 3.99. The van der Waals surface area contributed by atoms with Crippen LogP contribution in [-0.4, -0.2) is 21.1 Å². The monoisotopic (exact) mass is 378 g/mol. The molecule has 0 spiro atoms. The summed E-state index contributed by atoms with van der Waals surface area (Å²) in [7, 11) is 0. The van der Waals surface area contributed by atoms with Gasteiger partial charge in [0, 0.05) is 16.5 Å². The number of hydrogen-bond acceptors (Lipinski definition) is 6. The van der Waals surface area contributed by atoms with E-state index in [0.29, 0.717) is 5.13 Å². The van der Waals surface area contributed by atoms with Crippen LogP contribution in [0.25, 0.3) is 21.1 Å². The van der Waals surface area contributed by atoms with Crippen LogP contribution in [0.15, 0.2) is 66.0 Å². The van der Waals surface area contributed by atoms with Crippen molar-refractivity contribution in [2.75, 3.05) is 5.32 Å². The maximum atomic E-state index is 12.3. The van der Waals surface area contributed by atoms with E-state index in [2.05, 4.69) is 20.5 Å². The standard InChI is InChI=1S/C19H14N4OS2/c24-16(11-15-12-25-17(20-15)13-7-3-1-4-8-13)21-19-23-22-18(26-19)14-9-5-2-6-10-14/h1-10,12H,11H2,(H,21,23,24). The van der Waals surface area contributed by atoms with Gasteiger partial charge in [-0.3, -0.25) is 4.79 Å². The Morgan fingerprint density at radius 3 is 2.23 bits per heavy atom. The van der Waals surface area contributed by atoms with Crippen molar-refractivity contribution in [1.29, 1.82) is 0 Å². The lowest BCUT2D eigenvalue weighted by molar-refractivity contribution is -0.115. The van der Waals surface area contributed by atoms with E-state index in [-0.39, 0.29) is 12.3 Å². The van der Waals surface area contributed by atoms with Crippen molar-refractivity contribution >= 4 is 33.7 Å². The van der Waals surface area contributed by atoms with E-state index >= 15 is 0 Å². The van der Waals surface area contributed by atoms with E-state index in [4.69, 9.17) is 0 Å². The molecule has 0 radical (unpaired) electrons. The number of rotatable bonds is 5. The molecule has 128 valence electrons. The molecule has 0 saturated carbocycles. The number of thiazole rings is 1. The predicted octanol–water partition coefficient (Wildman–Crippen LogP) is 4.51. The fourth-order valence-electron chi connectivity index (χ4n) is 2.40. The fraction of sp³-hybridized carbons (Fsp3) is 0.0526. The molecule has 0 saturated heterocycles. The summed E-state index contributed by atoms with van der Waals surface area (Å²) in [6.07, 6.45) is 0.212. The molecule has 0 bridgehead atoms. The number of nitrogens with one attached hydrogen (secondary N) is 1. The van der Waals surface area contributed by atoms with E-state index in [1.165, 1.54) is 22.7 Å². The van der Waals surface area contributed by atoms with Gasteiger partial charge in [0.15, 0.2) is 0 Å². The summed E-state index contributed by atoms with van der Waals surface area (Å²) in [6, 6.07) is 19.7. The Labute approximate surface area is 158 Å². The number of hydrogen-bond donors (Lipinski definition) is 1. The Morgan fingerprint density at radius 2 is 1.54 bits per heavy atom. The number of nitrogens with zero attached hydrogens (tertiary/aromatic N) is 3. The molecule has 2 aromatic heterocycles. The molecular formula is C19H14N4OS2. The van der Waals surface area contributed by atoms with Crippen LogP contribution in [0.3, 0.4) is 0 Å². The molecule has 4 rings (SSSR count). The van der Waals surface area contributed by atoms with Gasteiger partial charge in [0.1, 0.15) is 10.0 Å². The Balaban J connectivity index is 1.40. The summed E-state index contributed by atoms with van der Waals surface area (Å²) >= 11 is 2.89. The van der Waals surface area contributed by atoms with Gasteiger partial charge in [0.25, 0.3) is 0 Å². The number of carbonyl (C=O) groups excluding carboxylic acids is 1. The van der Waals surface area contributed by atoms with Crippen molar-refractivity contribution < 1.29 is 4.79 Å². The van der Waals surface area contributed by atoms with Crippen molar-refractivity contribution in [2.24, 2.45) is 0 Å². The van der Waals surface area contributed by atoms with E-state index < -0.39 is 0 Å². The van der Waals surface area contributed by atoms with E-state index in [1.54, 1.807) is 0 Å². The summed E-state index contributed by atoms with van der Waals surface area (Å²) in [5.41, 5.74) is 2.79. The molecule has 0 aliphatic rings. The molecule has 5 nitrogen and oxygen atoms in total. The second-order valence-electron chi connectivity index (χ2n) is 5.51. The van der Waals surface area contributed by atoms with Crippen LogP contribution in [0, 0.1) is 0 Å². The average molecular weight is 378 g/mol. The first kappa shape index (κ1) is 16.6. The second-order valence-corrected chi connectivity index (χ2v) is 7.35. The predicted molar refractivity (Wildman–Crippen MR) is 105 cm³/mol. The molecule has 0 aliphatic carbocycles. The van der Waals surface area contributed by atoms with Crippen molar-refractivity contribution in [3.63, 3.8) is 0 Å². The molecule has 1 N–H and O–H groups in total. The molecule has 0 fully saturated rings. The van der Waals surface area contributed by atoms with Gasteiger partial charge >= 0.3 is 0 Å². The lowest BCUT2D eigenvalue weighted by atomic mass is 10.2. The van der Waals surface area contributed by atoms with Crippen molar-refractivity contribution in [3.8, 4) is 21.1 Å². The van der Waals surface area contributed by atoms with Gasteiger partial charge in [-0.15, -0.1) is 21.5 Å². The zero-order chi connectivity index (χ0) is 17.8. The van der Waals surface area contributed by atoms with Crippen LogP contribution in [0.2, 0.25) is 0 Å². The molecule has 7 heteroatoms. The van der Waals surface area contributed by atoms with E-state index in [9.17, 15) is 4.79 Å². The third-order valence-corrected chi connectivity index (χ3v) is 5.43. The molecule has 0 unspecified atom stereocenters. The highest BCUT2D eigenvalue weighted by Crippen LogP contribution is 2.26. The minimum Gasteiger partial charge on any atom is -0.300 e. The van der Waals surface area contributed by atoms with Crippen LogP contribution >= 0.6 is 22.7 Å². The summed E-state index contributed by atoms with van der Waals surface area (Å²) in [5.74, 6) is -0.148. The normalized spacial score (nSPS) is 10.6. The summed E-state index contributed by atoms with van der Waals surface area (Å²) < 4.78 is 0. The third-order valence-electron chi connectivity index (χ3n) is 3.61. The minimum absolute atomic E-state index is 0.148. The van der Waals surface area contributed by atoms with Crippen molar-refractivity contribution in [1.82, 2.24) is 15.2 Å². The van der Waals surface area contributed by atoms with Gasteiger partial charge in [-0.1, -0.05) is 72.0 Å². The number of benzene rings is 2. The second kappa shape index (κ2) is 7.55. The van der Waals surface area contributed by atoms with Crippen LogP contribution in [0.5, 0.6) is 0 Å². The van der Waals surface area contributed by atoms with Crippen LogP contribution in [0.4, 0.5) is 5.13 Å². The quantitative estimate of drug-likeness (QED) is 0.555. The molecule has 26 heavy (non-hydrogen) atoms. The maximum Gasteiger partial charge on any atom is 0.232 e. The van der Waals surface area contributed by atoms with Gasteiger partial charge in [0.05, 0.1) is 12.1 Å². The summed E-state index contributed by atoms with van der Waals surface area (Å²) in [6.45, 7) is 0. The highest BCUT2D eigenvalue weighted by molar-refractivity contribution is 7.18. The zero-order valence-corrected chi connectivity index (χ0v) is 15.3. The molecule has 1 amide bonds. The minimum atomic E-state index is -0.148. The summed E-state index contributed by atoms with van der Waals surface area (Å²) in [5, 5.41) is 15.1. The Kier molecular flexibility index (Phi) is 4.81. The Hall–Kier alpha value is -2.90. The number of anilines is 1. The smallest absolute Gasteiger partial charge is 0.232 e. The van der Waals surface area contributed by atoms with Crippen LogP contribution in [-0.2, 0) is 11.2 Å². The van der Waals surface area contributed by atoms with Gasteiger partial charge in [-0.05, 0) is 0 Å². The first-order valence-corrected chi connectivity index (χ1v) is 9.66. The third kappa shape index (κ3) is 3.84. The number of aromatic nitrogens is 3. The molecule has 2 aromatic carbocycles. The van der Waals surface area contributed by atoms with Gasteiger partial charge in [0.2, 0.25) is 11.0 Å². The SMILES string of the molecule is O=C(Cc1csc(-c2ccccc2)n1)Nc1nnc(-c2ccccc2)s1. The van der Waals surface area contributed by atoms with Crippen molar-refractivity contribution in [2.45, 2.75) is 6.42 Å². The lowest BCUT2D eigenvalue weighted by Crippen LogP contribution is -2.14. The number of carbonyl (C=O) groups is 1. The molecule has 4 aromatic rings. The van der Waals surface area contributed by atoms with Crippen LogP contribution in [0.1, 0.15) is 5.69 Å². The molecule has 0 aliphatic heterocycles. The van der Waals surface area contributed by atoms with Gasteiger partial charge in [-0.25, -0.2) is 4.98 Å². The topological polar surface area (TPSA) is 67.8 Å². The maximum absolute atomic E-state index is 12.3. The first-order chi connectivity index (χ1) is 12.8. The van der Waals surface area contributed by atoms with Crippen LogP contribution < -0.4 is 5.32 Å². The van der Waals surface area contributed by atoms with E-state index in [0.717, 1.165) is 26.8 Å².